The Morgan fingerprint density at radius 2 is 1.45 bits per heavy atom. The summed E-state index contributed by atoms with van der Waals surface area (Å²) in [7, 11) is 2.01. The number of rotatable bonds is 7. The smallest absolute Gasteiger partial charge is 0.341 e. The third-order valence-corrected chi connectivity index (χ3v) is 8.86. The zero-order valence-corrected chi connectivity index (χ0v) is 27.6. The van der Waals surface area contributed by atoms with Crippen molar-refractivity contribution in [1.82, 2.24) is 10.2 Å². The summed E-state index contributed by atoms with van der Waals surface area (Å²) in [6.45, 7) is 18.7. The Hall–Kier alpha value is -3.49. The van der Waals surface area contributed by atoms with E-state index in [-0.39, 0.29) is 34.6 Å². The van der Waals surface area contributed by atoms with Crippen molar-refractivity contribution in [3.8, 4) is 0 Å². The molecule has 0 aromatic heterocycles. The van der Waals surface area contributed by atoms with Gasteiger partial charge in [0.15, 0.2) is 0 Å². The minimum Gasteiger partial charge on any atom is -0.462 e. The number of piperidine rings is 2. The van der Waals surface area contributed by atoms with E-state index in [0.29, 0.717) is 24.9 Å². The average molecular weight is 607 g/mol. The van der Waals surface area contributed by atoms with E-state index in [0.717, 1.165) is 24.5 Å². The van der Waals surface area contributed by atoms with Crippen molar-refractivity contribution >= 4 is 17.9 Å². The monoisotopic (exact) mass is 606 g/mol. The maximum atomic E-state index is 12.6. The molecule has 0 bridgehead atoms. The molecule has 2 atom stereocenters. The molecule has 1 N–H and O–H groups in total. The summed E-state index contributed by atoms with van der Waals surface area (Å²) in [5.41, 5.74) is 1.12. The zero-order valence-electron chi connectivity index (χ0n) is 27.6. The molecule has 0 saturated carbocycles. The summed E-state index contributed by atoms with van der Waals surface area (Å²) < 4.78 is 17.1. The first kappa shape index (κ1) is 35.0. The zero-order chi connectivity index (χ0) is 32.8. The topological polar surface area (TPSA) is 94.2 Å². The molecule has 8 nitrogen and oxygen atoms in total. The highest BCUT2D eigenvalue weighted by atomic mass is 16.7. The second-order valence-corrected chi connectivity index (χ2v) is 13.8. The van der Waals surface area contributed by atoms with Gasteiger partial charge in [0, 0.05) is 48.5 Å². The van der Waals surface area contributed by atoms with Crippen molar-refractivity contribution in [2.75, 3.05) is 13.6 Å². The van der Waals surface area contributed by atoms with E-state index < -0.39 is 17.7 Å². The van der Waals surface area contributed by atoms with Gasteiger partial charge in [-0.05, 0) is 66.3 Å². The molecule has 0 amide bonds. The van der Waals surface area contributed by atoms with Crippen molar-refractivity contribution in [2.45, 2.75) is 103 Å². The van der Waals surface area contributed by atoms with Crippen LogP contribution in [0.15, 0.2) is 73.3 Å². The van der Waals surface area contributed by atoms with Gasteiger partial charge in [0.2, 0.25) is 0 Å². The quantitative estimate of drug-likeness (QED) is 0.230. The van der Waals surface area contributed by atoms with Crippen LogP contribution in [0, 0.1) is 5.92 Å². The Bertz CT molecular complexity index is 1270. The van der Waals surface area contributed by atoms with Crippen molar-refractivity contribution in [3.05, 3.63) is 84.4 Å². The standard InChI is InChI=1S/C19H25NO4.C17H25NO2/c1-6-16(21)23-19(12-13-20(5)18(3,4)14(19)2)24-17(22)15-10-8-7-9-11-15;1-16(2)11-14(12-17(3,4)18-16)20-15(19)10-13-8-6-5-7-9-13/h6-11,14H,1,12-13H2,2-5H3;5-9,14,18H,10-12H2,1-4H3. The lowest BCUT2D eigenvalue weighted by atomic mass is 9.76. The summed E-state index contributed by atoms with van der Waals surface area (Å²) in [4.78, 5) is 38.7. The molecule has 0 aliphatic carbocycles. The lowest BCUT2D eigenvalue weighted by Crippen LogP contribution is -2.64. The highest BCUT2D eigenvalue weighted by Crippen LogP contribution is 2.43. The molecule has 2 saturated heterocycles. The van der Waals surface area contributed by atoms with Gasteiger partial charge in [-0.15, -0.1) is 0 Å². The van der Waals surface area contributed by atoms with Gasteiger partial charge in [0.05, 0.1) is 17.9 Å². The number of benzene rings is 2. The number of carbonyl (C=O) groups excluding carboxylic acids is 3. The number of esters is 3. The fourth-order valence-electron chi connectivity index (χ4n) is 6.30. The Kier molecular flexibility index (Phi) is 11.2. The molecule has 2 aliphatic rings. The van der Waals surface area contributed by atoms with E-state index in [1.807, 2.05) is 64.2 Å². The van der Waals surface area contributed by atoms with Crippen LogP contribution in [-0.4, -0.2) is 64.9 Å². The van der Waals surface area contributed by atoms with Crippen molar-refractivity contribution in [1.29, 1.82) is 0 Å². The van der Waals surface area contributed by atoms with E-state index in [1.54, 1.807) is 24.3 Å². The summed E-state index contributed by atoms with van der Waals surface area (Å²) in [5.74, 6) is -2.76. The molecular formula is C36H50N2O6. The van der Waals surface area contributed by atoms with Gasteiger partial charge in [0.1, 0.15) is 6.10 Å². The number of hydrogen-bond acceptors (Lipinski definition) is 8. The lowest BCUT2D eigenvalue weighted by Gasteiger charge is -2.53. The van der Waals surface area contributed by atoms with Crippen molar-refractivity contribution < 1.29 is 28.6 Å². The molecule has 44 heavy (non-hydrogen) atoms. The Morgan fingerprint density at radius 3 is 2.00 bits per heavy atom. The molecule has 2 heterocycles. The van der Waals surface area contributed by atoms with Crippen molar-refractivity contribution in [2.24, 2.45) is 5.92 Å². The van der Waals surface area contributed by atoms with Crippen LogP contribution in [0.3, 0.4) is 0 Å². The van der Waals surface area contributed by atoms with Crippen LogP contribution in [0.1, 0.15) is 83.7 Å². The maximum absolute atomic E-state index is 12.6. The summed E-state index contributed by atoms with van der Waals surface area (Å²) >= 11 is 0. The van der Waals surface area contributed by atoms with E-state index in [2.05, 4.69) is 44.5 Å². The predicted octanol–water partition coefficient (Wildman–Crippen LogP) is 6.10. The van der Waals surface area contributed by atoms with Crippen LogP contribution in [0.5, 0.6) is 0 Å². The Balaban J connectivity index is 0.000000244. The Morgan fingerprint density at radius 1 is 0.909 bits per heavy atom. The third kappa shape index (κ3) is 9.26. The molecule has 2 aliphatic heterocycles. The summed E-state index contributed by atoms with van der Waals surface area (Å²) in [6.07, 6.45) is 3.57. The van der Waals surface area contributed by atoms with Crippen LogP contribution in [-0.2, 0) is 30.2 Å². The van der Waals surface area contributed by atoms with Crippen LogP contribution < -0.4 is 5.32 Å². The summed E-state index contributed by atoms with van der Waals surface area (Å²) in [6, 6.07) is 18.5. The highest BCUT2D eigenvalue weighted by Gasteiger charge is 2.55. The molecular weight excluding hydrogens is 556 g/mol. The predicted molar refractivity (Wildman–Crippen MR) is 172 cm³/mol. The van der Waals surface area contributed by atoms with Gasteiger partial charge in [-0.25, -0.2) is 9.59 Å². The first-order chi connectivity index (χ1) is 20.5. The van der Waals surface area contributed by atoms with Gasteiger partial charge in [-0.1, -0.05) is 62.0 Å². The molecule has 2 fully saturated rings. The fourth-order valence-corrected chi connectivity index (χ4v) is 6.30. The maximum Gasteiger partial charge on any atom is 0.341 e. The lowest BCUT2D eigenvalue weighted by molar-refractivity contribution is -0.260. The number of nitrogens with zero attached hydrogens (tertiary/aromatic N) is 1. The van der Waals surface area contributed by atoms with E-state index in [9.17, 15) is 14.4 Å². The molecule has 2 unspecified atom stereocenters. The Labute approximate surface area is 263 Å². The fraction of sp³-hybridized carbons (Fsp3) is 0.528. The molecule has 2 aromatic carbocycles. The number of nitrogens with one attached hydrogen (secondary N) is 1. The van der Waals surface area contributed by atoms with E-state index in [4.69, 9.17) is 14.2 Å². The first-order valence-electron chi connectivity index (χ1n) is 15.4. The first-order valence-corrected chi connectivity index (χ1v) is 15.4. The van der Waals surface area contributed by atoms with E-state index in [1.165, 1.54) is 0 Å². The number of carbonyl (C=O) groups is 3. The molecule has 4 rings (SSSR count). The second kappa shape index (κ2) is 14.1. The minimum atomic E-state index is -1.31. The molecule has 240 valence electrons. The van der Waals surface area contributed by atoms with Crippen LogP contribution >= 0.6 is 0 Å². The largest absolute Gasteiger partial charge is 0.462 e. The van der Waals surface area contributed by atoms with Gasteiger partial charge in [0.25, 0.3) is 5.79 Å². The second-order valence-electron chi connectivity index (χ2n) is 13.8. The number of likely N-dealkylation sites (tertiary alicyclic amines) is 1. The van der Waals surface area contributed by atoms with Crippen molar-refractivity contribution in [3.63, 3.8) is 0 Å². The van der Waals surface area contributed by atoms with E-state index >= 15 is 0 Å². The van der Waals surface area contributed by atoms with Gasteiger partial charge < -0.3 is 24.4 Å². The minimum absolute atomic E-state index is 0.000552. The summed E-state index contributed by atoms with van der Waals surface area (Å²) in [5, 5.41) is 3.59. The normalized spacial score (nSPS) is 24.1. The number of hydrogen-bond donors (Lipinski definition) is 1. The van der Waals surface area contributed by atoms with Gasteiger partial charge in [-0.3, -0.25) is 4.79 Å². The van der Waals surface area contributed by atoms with Gasteiger partial charge in [-0.2, -0.15) is 0 Å². The average Bonchev–Trinajstić information content (AvgIpc) is 2.94. The van der Waals surface area contributed by atoms with Crippen LogP contribution in [0.2, 0.25) is 0 Å². The molecule has 8 heteroatoms. The number of ether oxygens (including phenoxy) is 3. The highest BCUT2D eigenvalue weighted by molar-refractivity contribution is 5.90. The third-order valence-electron chi connectivity index (χ3n) is 8.86. The van der Waals surface area contributed by atoms with Crippen LogP contribution in [0.25, 0.3) is 0 Å². The van der Waals surface area contributed by atoms with Crippen LogP contribution in [0.4, 0.5) is 0 Å². The van der Waals surface area contributed by atoms with Gasteiger partial charge >= 0.3 is 17.9 Å². The SMILES string of the molecule is C=CC(=O)OC1(OC(=O)c2ccccc2)CCN(C)C(C)(C)C1C.CC1(C)CC(OC(=O)Cc2ccccc2)CC(C)(C)N1. The molecule has 2 aromatic rings. The molecule has 0 radical (unpaired) electrons. The molecule has 0 spiro atoms.